The first kappa shape index (κ1) is 13.1. The Kier molecular flexibility index (Phi) is 4.41. The van der Waals surface area contributed by atoms with Gasteiger partial charge in [-0.2, -0.15) is 0 Å². The number of amides is 1. The van der Waals surface area contributed by atoms with Crippen molar-refractivity contribution in [3.63, 3.8) is 0 Å². The van der Waals surface area contributed by atoms with Gasteiger partial charge in [0.15, 0.2) is 6.10 Å². The van der Waals surface area contributed by atoms with Gasteiger partial charge in [-0.3, -0.25) is 4.79 Å². The number of benzene rings is 1. The van der Waals surface area contributed by atoms with Crippen LogP contribution in [0.2, 0.25) is 10.0 Å². The second kappa shape index (κ2) is 5.39. The average Bonchev–Trinajstić information content (AvgIpc) is 2.21. The van der Waals surface area contributed by atoms with Gasteiger partial charge in [0.2, 0.25) is 0 Å². The van der Waals surface area contributed by atoms with E-state index in [4.69, 9.17) is 39.4 Å². The van der Waals surface area contributed by atoms with Gasteiger partial charge in [0.25, 0.3) is 5.91 Å². The molecule has 1 unspecified atom stereocenters. The number of nitrogens with two attached hydrogens (primary N) is 2. The van der Waals surface area contributed by atoms with Crippen LogP contribution in [0.15, 0.2) is 12.1 Å². The maximum atomic E-state index is 10.9. The third-order valence-corrected chi connectivity index (χ3v) is 2.50. The highest BCUT2D eigenvalue weighted by molar-refractivity contribution is 6.35. The lowest BCUT2D eigenvalue weighted by Crippen LogP contribution is -2.31. The summed E-state index contributed by atoms with van der Waals surface area (Å²) in [4.78, 5) is 10.9. The lowest BCUT2D eigenvalue weighted by atomic mass is 10.2. The summed E-state index contributed by atoms with van der Waals surface area (Å²) in [5, 5.41) is 0.769. The van der Waals surface area contributed by atoms with Crippen LogP contribution in [-0.4, -0.2) is 12.0 Å². The van der Waals surface area contributed by atoms with Crippen LogP contribution in [0.5, 0.6) is 5.75 Å². The second-order valence-electron chi connectivity index (χ2n) is 3.24. The molecule has 0 aliphatic heterocycles. The Hall–Kier alpha value is -0.970. The summed E-state index contributed by atoms with van der Waals surface area (Å²) in [6.45, 7) is 1.74. The lowest BCUT2D eigenvalue weighted by Gasteiger charge is -2.16. The summed E-state index contributed by atoms with van der Waals surface area (Å²) in [6, 6.07) is 3.15. The topological polar surface area (TPSA) is 78.3 Å². The maximum Gasteiger partial charge on any atom is 0.258 e. The molecule has 88 valence electrons. The standard InChI is InChI=1S/C10H12Cl2N2O2/c1-5(10(14)15)16-9-6(4-13)2-7(11)3-8(9)12/h2-3,5H,4,13H2,1H3,(H2,14,15). The quantitative estimate of drug-likeness (QED) is 0.867. The molecule has 1 aromatic carbocycles. The van der Waals surface area contributed by atoms with E-state index in [1.807, 2.05) is 0 Å². The molecule has 4 N–H and O–H groups in total. The average molecular weight is 263 g/mol. The molecular weight excluding hydrogens is 251 g/mol. The SMILES string of the molecule is CC(Oc1c(Cl)cc(Cl)cc1CN)C(N)=O. The van der Waals surface area contributed by atoms with Crippen LogP contribution in [0, 0.1) is 0 Å². The lowest BCUT2D eigenvalue weighted by molar-refractivity contribution is -0.123. The van der Waals surface area contributed by atoms with Crippen molar-refractivity contribution < 1.29 is 9.53 Å². The van der Waals surface area contributed by atoms with Crippen molar-refractivity contribution in [2.45, 2.75) is 19.6 Å². The van der Waals surface area contributed by atoms with Crippen LogP contribution in [0.3, 0.4) is 0 Å². The molecule has 0 aromatic heterocycles. The minimum atomic E-state index is -0.774. The van der Waals surface area contributed by atoms with Crippen molar-refractivity contribution in [3.05, 3.63) is 27.7 Å². The van der Waals surface area contributed by atoms with Gasteiger partial charge in [0.1, 0.15) is 5.75 Å². The molecule has 1 atom stereocenters. The van der Waals surface area contributed by atoms with Crippen molar-refractivity contribution in [1.82, 2.24) is 0 Å². The minimum Gasteiger partial charge on any atom is -0.479 e. The first-order valence-corrected chi connectivity index (χ1v) is 5.35. The Labute approximate surface area is 103 Å². The molecule has 1 aromatic rings. The summed E-state index contributed by atoms with van der Waals surface area (Å²) in [5.41, 5.74) is 11.2. The van der Waals surface area contributed by atoms with Gasteiger partial charge < -0.3 is 16.2 Å². The first-order valence-electron chi connectivity index (χ1n) is 4.59. The highest BCUT2D eigenvalue weighted by atomic mass is 35.5. The van der Waals surface area contributed by atoms with E-state index in [-0.39, 0.29) is 6.54 Å². The van der Waals surface area contributed by atoms with Crippen molar-refractivity contribution in [2.75, 3.05) is 0 Å². The molecule has 0 fully saturated rings. The molecule has 0 heterocycles. The van der Waals surface area contributed by atoms with Crippen LogP contribution < -0.4 is 16.2 Å². The monoisotopic (exact) mass is 262 g/mol. The van der Waals surface area contributed by atoms with Gasteiger partial charge in [0, 0.05) is 17.1 Å². The van der Waals surface area contributed by atoms with Gasteiger partial charge in [-0.25, -0.2) is 0 Å². The number of carbonyl (C=O) groups excluding carboxylic acids is 1. The van der Waals surface area contributed by atoms with Gasteiger partial charge >= 0.3 is 0 Å². The first-order chi connectivity index (χ1) is 7.45. The van der Waals surface area contributed by atoms with E-state index in [0.717, 1.165) is 0 Å². The number of rotatable bonds is 4. The zero-order chi connectivity index (χ0) is 12.3. The van der Waals surface area contributed by atoms with Crippen LogP contribution in [0.25, 0.3) is 0 Å². The molecule has 0 saturated heterocycles. The van der Waals surface area contributed by atoms with Crippen LogP contribution >= 0.6 is 23.2 Å². The number of hydrogen-bond acceptors (Lipinski definition) is 3. The molecule has 1 rings (SSSR count). The smallest absolute Gasteiger partial charge is 0.258 e. The van der Waals surface area contributed by atoms with Crippen LogP contribution in [-0.2, 0) is 11.3 Å². The fourth-order valence-corrected chi connectivity index (χ4v) is 1.71. The van der Waals surface area contributed by atoms with E-state index in [1.54, 1.807) is 6.07 Å². The predicted molar refractivity (Wildman–Crippen MR) is 63.6 cm³/mol. The minimum absolute atomic E-state index is 0.209. The maximum absolute atomic E-state index is 10.9. The Morgan fingerprint density at radius 2 is 2.12 bits per heavy atom. The van der Waals surface area contributed by atoms with E-state index in [2.05, 4.69) is 0 Å². The highest BCUT2D eigenvalue weighted by Crippen LogP contribution is 2.32. The molecule has 4 nitrogen and oxygen atoms in total. The molecule has 16 heavy (non-hydrogen) atoms. The van der Waals surface area contributed by atoms with E-state index in [0.29, 0.717) is 21.4 Å². The van der Waals surface area contributed by atoms with E-state index >= 15 is 0 Å². The summed E-state index contributed by atoms with van der Waals surface area (Å²) in [6.07, 6.45) is -0.774. The summed E-state index contributed by atoms with van der Waals surface area (Å²) < 4.78 is 5.34. The summed E-state index contributed by atoms with van der Waals surface area (Å²) >= 11 is 11.8. The number of carbonyl (C=O) groups is 1. The normalized spacial score (nSPS) is 12.2. The van der Waals surface area contributed by atoms with E-state index < -0.39 is 12.0 Å². The fourth-order valence-electron chi connectivity index (χ4n) is 1.13. The fraction of sp³-hybridized carbons (Fsp3) is 0.300. The largest absolute Gasteiger partial charge is 0.479 e. The van der Waals surface area contributed by atoms with Gasteiger partial charge in [-0.1, -0.05) is 23.2 Å². The Balaban J connectivity index is 3.07. The van der Waals surface area contributed by atoms with Crippen molar-refractivity contribution in [3.8, 4) is 5.75 Å². The zero-order valence-corrected chi connectivity index (χ0v) is 10.2. The molecule has 0 saturated carbocycles. The van der Waals surface area contributed by atoms with E-state index in [1.165, 1.54) is 13.0 Å². The molecular formula is C10H12Cl2N2O2. The molecule has 1 amide bonds. The Morgan fingerprint density at radius 1 is 1.50 bits per heavy atom. The molecule has 0 bridgehead atoms. The number of halogens is 2. The third kappa shape index (κ3) is 3.01. The number of primary amides is 1. The van der Waals surface area contributed by atoms with Gasteiger partial charge in [0.05, 0.1) is 5.02 Å². The number of hydrogen-bond donors (Lipinski definition) is 2. The number of ether oxygens (including phenoxy) is 1. The van der Waals surface area contributed by atoms with E-state index in [9.17, 15) is 4.79 Å². The van der Waals surface area contributed by atoms with Crippen LogP contribution in [0.1, 0.15) is 12.5 Å². The Morgan fingerprint density at radius 3 is 2.62 bits per heavy atom. The van der Waals surface area contributed by atoms with Crippen LogP contribution in [0.4, 0.5) is 0 Å². The molecule has 0 aliphatic rings. The third-order valence-electron chi connectivity index (χ3n) is 2.00. The van der Waals surface area contributed by atoms with Crippen molar-refractivity contribution >= 4 is 29.1 Å². The second-order valence-corrected chi connectivity index (χ2v) is 4.09. The summed E-state index contributed by atoms with van der Waals surface area (Å²) in [7, 11) is 0. The molecule has 0 spiro atoms. The van der Waals surface area contributed by atoms with Crippen molar-refractivity contribution in [2.24, 2.45) is 11.5 Å². The Bertz CT molecular complexity index is 410. The molecule has 6 heteroatoms. The zero-order valence-electron chi connectivity index (χ0n) is 8.67. The van der Waals surface area contributed by atoms with Gasteiger partial charge in [-0.15, -0.1) is 0 Å². The van der Waals surface area contributed by atoms with Crippen molar-refractivity contribution in [1.29, 1.82) is 0 Å². The predicted octanol–water partition coefficient (Wildman–Crippen LogP) is 1.70. The molecule has 0 aliphatic carbocycles. The summed E-state index contributed by atoms with van der Waals surface area (Å²) in [5.74, 6) is -0.228. The van der Waals surface area contributed by atoms with Gasteiger partial charge in [-0.05, 0) is 19.1 Å². The highest BCUT2D eigenvalue weighted by Gasteiger charge is 2.16. The molecule has 0 radical (unpaired) electrons.